The SMILES string of the molecule is Cc1cccc(-n2c(NN)nc3ccccc3c2=O)c1. The van der Waals surface area contributed by atoms with E-state index in [0.29, 0.717) is 16.9 Å². The zero-order valence-corrected chi connectivity index (χ0v) is 11.0. The molecule has 0 atom stereocenters. The van der Waals surface area contributed by atoms with Crippen LogP contribution in [0.15, 0.2) is 53.3 Å². The lowest BCUT2D eigenvalue weighted by Crippen LogP contribution is -2.26. The van der Waals surface area contributed by atoms with Crippen molar-refractivity contribution in [3.63, 3.8) is 0 Å². The van der Waals surface area contributed by atoms with Gasteiger partial charge in [-0.3, -0.25) is 10.2 Å². The van der Waals surface area contributed by atoms with Crippen LogP contribution in [0.3, 0.4) is 0 Å². The van der Waals surface area contributed by atoms with Crippen LogP contribution in [0.5, 0.6) is 0 Å². The summed E-state index contributed by atoms with van der Waals surface area (Å²) in [4.78, 5) is 17.0. The second kappa shape index (κ2) is 4.79. The Labute approximate surface area is 115 Å². The number of hydrazine groups is 1. The maximum Gasteiger partial charge on any atom is 0.267 e. The van der Waals surface area contributed by atoms with Gasteiger partial charge in [0.2, 0.25) is 5.95 Å². The fourth-order valence-corrected chi connectivity index (χ4v) is 2.24. The summed E-state index contributed by atoms with van der Waals surface area (Å²) in [7, 11) is 0. The molecule has 3 N–H and O–H groups in total. The first kappa shape index (κ1) is 12.4. The molecule has 0 amide bonds. The van der Waals surface area contributed by atoms with E-state index in [1.165, 1.54) is 4.57 Å². The molecule has 20 heavy (non-hydrogen) atoms. The van der Waals surface area contributed by atoms with Gasteiger partial charge in [0.1, 0.15) is 0 Å². The molecule has 0 radical (unpaired) electrons. The quantitative estimate of drug-likeness (QED) is 0.549. The number of nitrogens with two attached hydrogens (primary N) is 1. The molecule has 5 heteroatoms. The molecule has 0 bridgehead atoms. The van der Waals surface area contributed by atoms with Gasteiger partial charge in [-0.1, -0.05) is 24.3 Å². The Morgan fingerprint density at radius 2 is 1.95 bits per heavy atom. The van der Waals surface area contributed by atoms with Crippen LogP contribution in [0.1, 0.15) is 5.56 Å². The van der Waals surface area contributed by atoms with E-state index in [2.05, 4.69) is 10.4 Å². The summed E-state index contributed by atoms with van der Waals surface area (Å²) in [6, 6.07) is 14.8. The molecular formula is C15H14N4O. The molecule has 0 unspecified atom stereocenters. The van der Waals surface area contributed by atoms with Gasteiger partial charge in [0.05, 0.1) is 16.6 Å². The zero-order valence-electron chi connectivity index (χ0n) is 11.0. The predicted molar refractivity (Wildman–Crippen MR) is 79.9 cm³/mol. The number of hydrogen-bond acceptors (Lipinski definition) is 4. The summed E-state index contributed by atoms with van der Waals surface area (Å²) < 4.78 is 1.48. The highest BCUT2D eigenvalue weighted by atomic mass is 16.1. The fraction of sp³-hybridized carbons (Fsp3) is 0.0667. The van der Waals surface area contributed by atoms with Gasteiger partial charge in [0.25, 0.3) is 5.56 Å². The smallest absolute Gasteiger partial charge is 0.267 e. The number of fused-ring (bicyclic) bond motifs is 1. The number of aryl methyl sites for hydroxylation is 1. The molecule has 5 nitrogen and oxygen atoms in total. The average Bonchev–Trinajstić information content (AvgIpc) is 2.47. The molecule has 0 aliphatic heterocycles. The molecule has 3 aromatic rings. The monoisotopic (exact) mass is 266 g/mol. The van der Waals surface area contributed by atoms with Crippen molar-refractivity contribution in [2.75, 3.05) is 5.43 Å². The van der Waals surface area contributed by atoms with Crippen LogP contribution in [0, 0.1) is 6.92 Å². The minimum absolute atomic E-state index is 0.144. The maximum absolute atomic E-state index is 12.6. The number of aromatic nitrogens is 2. The first-order valence-corrected chi connectivity index (χ1v) is 6.26. The Hall–Kier alpha value is -2.66. The molecule has 0 aliphatic carbocycles. The van der Waals surface area contributed by atoms with Gasteiger partial charge in [0, 0.05) is 0 Å². The van der Waals surface area contributed by atoms with E-state index >= 15 is 0 Å². The van der Waals surface area contributed by atoms with Gasteiger partial charge >= 0.3 is 0 Å². The van der Waals surface area contributed by atoms with E-state index in [4.69, 9.17) is 5.84 Å². The molecule has 0 fully saturated rings. The Kier molecular flexibility index (Phi) is 2.96. The number of anilines is 1. The Bertz CT molecular complexity index is 839. The Morgan fingerprint density at radius 1 is 1.15 bits per heavy atom. The second-order valence-electron chi connectivity index (χ2n) is 4.58. The van der Waals surface area contributed by atoms with Crippen molar-refractivity contribution in [2.45, 2.75) is 6.92 Å². The van der Waals surface area contributed by atoms with Gasteiger partial charge in [0.15, 0.2) is 0 Å². The first-order valence-electron chi connectivity index (χ1n) is 6.26. The first-order chi connectivity index (χ1) is 9.70. The van der Waals surface area contributed by atoms with Gasteiger partial charge in [-0.05, 0) is 36.8 Å². The van der Waals surface area contributed by atoms with Crippen LogP contribution in [-0.2, 0) is 0 Å². The van der Waals surface area contributed by atoms with Gasteiger partial charge in [-0.15, -0.1) is 0 Å². The summed E-state index contributed by atoms with van der Waals surface area (Å²) in [5.74, 6) is 5.83. The van der Waals surface area contributed by atoms with Gasteiger partial charge in [-0.2, -0.15) is 0 Å². The molecule has 1 aromatic heterocycles. The molecular weight excluding hydrogens is 252 g/mol. The van der Waals surface area contributed by atoms with Crippen molar-refractivity contribution in [3.05, 3.63) is 64.4 Å². The number of benzene rings is 2. The van der Waals surface area contributed by atoms with Crippen molar-refractivity contribution in [2.24, 2.45) is 5.84 Å². The van der Waals surface area contributed by atoms with E-state index < -0.39 is 0 Å². The van der Waals surface area contributed by atoms with E-state index in [1.54, 1.807) is 12.1 Å². The molecule has 0 saturated carbocycles. The van der Waals surface area contributed by atoms with Crippen LogP contribution in [0.4, 0.5) is 5.95 Å². The molecule has 100 valence electrons. The van der Waals surface area contributed by atoms with E-state index in [1.807, 2.05) is 43.3 Å². The van der Waals surface area contributed by atoms with Crippen LogP contribution >= 0.6 is 0 Å². The molecule has 1 heterocycles. The molecule has 3 rings (SSSR count). The number of nitrogens with one attached hydrogen (secondary N) is 1. The molecule has 0 spiro atoms. The van der Waals surface area contributed by atoms with Crippen LogP contribution in [-0.4, -0.2) is 9.55 Å². The second-order valence-corrected chi connectivity index (χ2v) is 4.58. The largest absolute Gasteiger partial charge is 0.293 e. The zero-order chi connectivity index (χ0) is 14.1. The minimum atomic E-state index is -0.144. The Balaban J connectivity index is 2.40. The summed E-state index contributed by atoms with van der Waals surface area (Å²) >= 11 is 0. The van der Waals surface area contributed by atoms with Gasteiger partial charge < -0.3 is 0 Å². The van der Waals surface area contributed by atoms with E-state index in [-0.39, 0.29) is 5.56 Å². The van der Waals surface area contributed by atoms with Gasteiger partial charge in [-0.25, -0.2) is 15.4 Å². The third kappa shape index (κ3) is 1.94. The number of rotatable bonds is 2. The van der Waals surface area contributed by atoms with Crippen LogP contribution in [0.2, 0.25) is 0 Å². The Morgan fingerprint density at radius 3 is 2.70 bits per heavy atom. The summed E-state index contributed by atoms with van der Waals surface area (Å²) in [5, 5.41) is 0.563. The summed E-state index contributed by atoms with van der Waals surface area (Å²) in [5.41, 5.74) is 4.77. The van der Waals surface area contributed by atoms with E-state index in [0.717, 1.165) is 11.3 Å². The highest BCUT2D eigenvalue weighted by Crippen LogP contribution is 2.16. The highest BCUT2D eigenvalue weighted by molar-refractivity contribution is 5.79. The highest BCUT2D eigenvalue weighted by Gasteiger charge is 2.11. The van der Waals surface area contributed by atoms with Crippen molar-refractivity contribution in [1.29, 1.82) is 0 Å². The normalized spacial score (nSPS) is 10.7. The standard InChI is InChI=1S/C15H14N4O/c1-10-5-4-6-11(9-10)19-14(20)12-7-2-3-8-13(12)17-15(19)18-16/h2-9H,16H2,1H3,(H,17,18). The van der Waals surface area contributed by atoms with Crippen molar-refractivity contribution in [1.82, 2.24) is 9.55 Å². The number of hydrogen-bond donors (Lipinski definition) is 2. The minimum Gasteiger partial charge on any atom is -0.293 e. The summed E-state index contributed by atoms with van der Waals surface area (Å²) in [6.07, 6.45) is 0. The average molecular weight is 266 g/mol. The van der Waals surface area contributed by atoms with E-state index in [9.17, 15) is 4.79 Å². The topological polar surface area (TPSA) is 72.9 Å². The predicted octanol–water partition coefficient (Wildman–Crippen LogP) is 1.98. The van der Waals surface area contributed by atoms with Crippen LogP contribution in [0.25, 0.3) is 16.6 Å². The van der Waals surface area contributed by atoms with Crippen molar-refractivity contribution in [3.8, 4) is 5.69 Å². The third-order valence-corrected chi connectivity index (χ3v) is 3.16. The molecule has 2 aromatic carbocycles. The lowest BCUT2D eigenvalue weighted by atomic mass is 10.2. The molecule has 0 saturated heterocycles. The fourth-order valence-electron chi connectivity index (χ4n) is 2.24. The number of para-hydroxylation sites is 1. The number of nitrogen functional groups attached to an aromatic ring is 1. The number of nitrogens with zero attached hydrogens (tertiary/aromatic N) is 2. The lowest BCUT2D eigenvalue weighted by molar-refractivity contribution is 0.954. The lowest BCUT2D eigenvalue weighted by Gasteiger charge is -2.13. The third-order valence-electron chi connectivity index (χ3n) is 3.16. The van der Waals surface area contributed by atoms with Crippen molar-refractivity contribution >= 4 is 16.9 Å². The maximum atomic E-state index is 12.6. The van der Waals surface area contributed by atoms with Crippen molar-refractivity contribution < 1.29 is 0 Å². The summed E-state index contributed by atoms with van der Waals surface area (Å²) in [6.45, 7) is 1.97. The van der Waals surface area contributed by atoms with Crippen LogP contribution < -0.4 is 16.8 Å². The molecule has 0 aliphatic rings.